The lowest BCUT2D eigenvalue weighted by Gasteiger charge is -2.35. The summed E-state index contributed by atoms with van der Waals surface area (Å²) in [7, 11) is 0. The highest BCUT2D eigenvalue weighted by Crippen LogP contribution is 2.14. The van der Waals surface area contributed by atoms with Crippen LogP contribution in [-0.2, 0) is 11.3 Å². The molecule has 0 saturated carbocycles. The van der Waals surface area contributed by atoms with E-state index in [2.05, 4.69) is 39.5 Å². The number of nitrogens with zero attached hydrogens (tertiary/aromatic N) is 4. The fraction of sp³-hybridized carbons (Fsp3) is 0.773. The molecule has 1 aliphatic rings. The maximum atomic E-state index is 12.2. The fourth-order valence-corrected chi connectivity index (χ4v) is 3.16. The largest absolute Gasteiger partial charge is 0.444 e. The molecule has 0 unspecified atom stereocenters. The van der Waals surface area contributed by atoms with Gasteiger partial charge in [0.25, 0.3) is 0 Å². The number of nitrogens with one attached hydrogen (secondary N) is 2. The van der Waals surface area contributed by atoms with E-state index < -0.39 is 5.60 Å². The number of halogens is 1. The first-order chi connectivity index (χ1) is 14.7. The summed E-state index contributed by atoms with van der Waals surface area (Å²) in [5.41, 5.74) is 0.505. The van der Waals surface area contributed by atoms with Gasteiger partial charge >= 0.3 is 6.09 Å². The van der Waals surface area contributed by atoms with E-state index in [1.54, 1.807) is 4.90 Å². The predicted molar refractivity (Wildman–Crippen MR) is 138 cm³/mol. The second-order valence-corrected chi connectivity index (χ2v) is 9.16. The van der Waals surface area contributed by atoms with Gasteiger partial charge in [-0.3, -0.25) is 4.90 Å². The number of carbonyl (C=O) groups excluding carboxylic acids is 1. The Labute approximate surface area is 209 Å². The Hall–Kier alpha value is -1.56. The molecular weight excluding hydrogens is 523 g/mol. The molecule has 0 aliphatic carbocycles. The highest BCUT2D eigenvalue weighted by atomic mass is 127. The van der Waals surface area contributed by atoms with Crippen molar-refractivity contribution in [2.75, 3.05) is 45.8 Å². The van der Waals surface area contributed by atoms with Crippen molar-refractivity contribution in [2.24, 2.45) is 4.99 Å². The van der Waals surface area contributed by atoms with Gasteiger partial charge < -0.3 is 24.8 Å². The Kier molecular flexibility index (Phi) is 12.3. The smallest absolute Gasteiger partial charge is 0.410 e. The Morgan fingerprint density at radius 3 is 2.50 bits per heavy atom. The highest BCUT2D eigenvalue weighted by molar-refractivity contribution is 14.0. The predicted octanol–water partition coefficient (Wildman–Crippen LogP) is 3.41. The van der Waals surface area contributed by atoms with Crippen molar-refractivity contribution in [2.45, 2.75) is 66.0 Å². The third-order valence-electron chi connectivity index (χ3n) is 4.87. The lowest BCUT2D eigenvalue weighted by atomic mass is 10.1. The van der Waals surface area contributed by atoms with Crippen molar-refractivity contribution in [1.29, 1.82) is 0 Å². The Morgan fingerprint density at radius 2 is 1.94 bits per heavy atom. The zero-order valence-corrected chi connectivity index (χ0v) is 22.8. The van der Waals surface area contributed by atoms with E-state index in [0.717, 1.165) is 56.6 Å². The Bertz CT molecular complexity index is 709. The molecule has 2 N–H and O–H groups in total. The minimum Gasteiger partial charge on any atom is -0.444 e. The van der Waals surface area contributed by atoms with Gasteiger partial charge in [-0.2, -0.15) is 0 Å². The van der Waals surface area contributed by atoms with Crippen LogP contribution in [0.5, 0.6) is 0 Å². The summed E-state index contributed by atoms with van der Waals surface area (Å²) in [6.45, 7) is 18.1. The molecule has 1 saturated heterocycles. The van der Waals surface area contributed by atoms with Gasteiger partial charge in [-0.15, -0.1) is 24.0 Å². The minimum atomic E-state index is -0.449. The molecule has 1 aromatic heterocycles. The van der Waals surface area contributed by atoms with Gasteiger partial charge in [0, 0.05) is 45.3 Å². The molecule has 2 heterocycles. The van der Waals surface area contributed by atoms with Crippen molar-refractivity contribution in [3.8, 4) is 0 Å². The van der Waals surface area contributed by atoms with Gasteiger partial charge in [0.1, 0.15) is 12.1 Å². The van der Waals surface area contributed by atoms with Crippen LogP contribution in [0.1, 0.15) is 65.3 Å². The number of piperazine rings is 1. The highest BCUT2D eigenvalue weighted by Gasteiger charge is 2.25. The Morgan fingerprint density at radius 1 is 1.25 bits per heavy atom. The number of aromatic nitrogens is 1. The summed E-state index contributed by atoms with van der Waals surface area (Å²) in [5, 5.41) is 10.7. The van der Waals surface area contributed by atoms with Crippen LogP contribution in [0.2, 0.25) is 0 Å². The quantitative estimate of drug-likeness (QED) is 0.216. The molecule has 0 atom stereocenters. The fourth-order valence-electron chi connectivity index (χ4n) is 3.16. The molecular formula is C22H41IN6O3. The molecule has 9 nitrogen and oxygen atoms in total. The maximum Gasteiger partial charge on any atom is 0.410 e. The molecule has 2 rings (SSSR count). The van der Waals surface area contributed by atoms with Crippen molar-refractivity contribution >= 4 is 36.0 Å². The molecule has 0 radical (unpaired) electrons. The zero-order valence-electron chi connectivity index (χ0n) is 20.4. The summed E-state index contributed by atoms with van der Waals surface area (Å²) in [4.78, 5) is 20.9. The lowest BCUT2D eigenvalue weighted by molar-refractivity contribution is 0.0145. The number of guanidine groups is 1. The number of aliphatic imine (C=N–C) groups is 1. The van der Waals surface area contributed by atoms with Crippen LogP contribution < -0.4 is 10.6 Å². The van der Waals surface area contributed by atoms with E-state index in [4.69, 9.17) is 9.26 Å². The van der Waals surface area contributed by atoms with Crippen molar-refractivity contribution in [3.63, 3.8) is 0 Å². The third-order valence-corrected chi connectivity index (χ3v) is 4.87. The minimum absolute atomic E-state index is 0. The van der Waals surface area contributed by atoms with Crippen molar-refractivity contribution in [1.82, 2.24) is 25.6 Å². The lowest BCUT2D eigenvalue weighted by Crippen LogP contribution is -2.50. The first kappa shape index (κ1) is 28.5. The second-order valence-electron chi connectivity index (χ2n) is 9.16. The molecule has 0 spiro atoms. The zero-order chi connectivity index (χ0) is 22.9. The van der Waals surface area contributed by atoms with Crippen LogP contribution in [0, 0.1) is 0 Å². The summed E-state index contributed by atoms with van der Waals surface area (Å²) in [6.07, 6.45) is 0.781. The van der Waals surface area contributed by atoms with Crippen molar-refractivity contribution in [3.05, 3.63) is 17.5 Å². The molecule has 1 aliphatic heterocycles. The topological polar surface area (TPSA) is 95.2 Å². The van der Waals surface area contributed by atoms with Crippen LogP contribution in [-0.4, -0.2) is 78.4 Å². The van der Waals surface area contributed by atoms with Gasteiger partial charge in [-0.1, -0.05) is 19.0 Å². The monoisotopic (exact) mass is 564 g/mol. The van der Waals surface area contributed by atoms with Crippen molar-refractivity contribution < 1.29 is 14.1 Å². The molecule has 0 aromatic carbocycles. The number of ether oxygens (including phenoxy) is 1. The second kappa shape index (κ2) is 13.9. The standard InChI is InChI=1S/C22H40N6O3.HI/c1-7-23-20(25-16-18-15-19(17(2)3)26-31-18)24-9-8-10-27-11-13-28(14-12-27)21(29)30-22(4,5)6;/h15,17H,7-14,16H2,1-6H3,(H2,23,24,25);1H. The van der Waals surface area contributed by atoms with Gasteiger partial charge in [-0.05, 0) is 46.6 Å². The van der Waals surface area contributed by atoms with Crippen LogP contribution >= 0.6 is 24.0 Å². The number of hydrogen-bond donors (Lipinski definition) is 2. The van der Waals surface area contributed by atoms with E-state index in [1.165, 1.54) is 0 Å². The molecule has 1 fully saturated rings. The van der Waals surface area contributed by atoms with Gasteiger partial charge in [0.2, 0.25) is 0 Å². The maximum absolute atomic E-state index is 12.2. The SMILES string of the molecule is CCNC(=NCc1cc(C(C)C)no1)NCCCN1CCN(C(=O)OC(C)(C)C)CC1.I. The van der Waals surface area contributed by atoms with Crippen LogP contribution in [0.15, 0.2) is 15.6 Å². The first-order valence-corrected chi connectivity index (χ1v) is 11.4. The molecule has 184 valence electrons. The third kappa shape index (κ3) is 10.4. The molecule has 32 heavy (non-hydrogen) atoms. The number of amides is 1. The normalized spacial score (nSPS) is 15.5. The van der Waals surface area contributed by atoms with E-state index in [0.29, 0.717) is 25.6 Å². The number of rotatable bonds is 8. The molecule has 0 bridgehead atoms. The van der Waals surface area contributed by atoms with Gasteiger partial charge in [0.05, 0.1) is 5.69 Å². The summed E-state index contributed by atoms with van der Waals surface area (Å²) in [5.74, 6) is 1.89. The average molecular weight is 565 g/mol. The van der Waals surface area contributed by atoms with Crippen LogP contribution in [0.25, 0.3) is 0 Å². The van der Waals surface area contributed by atoms with Gasteiger partial charge in [-0.25, -0.2) is 9.79 Å². The van der Waals surface area contributed by atoms with Crippen LogP contribution in [0.4, 0.5) is 4.79 Å². The van der Waals surface area contributed by atoms with E-state index in [1.807, 2.05) is 33.8 Å². The summed E-state index contributed by atoms with van der Waals surface area (Å²) >= 11 is 0. The van der Waals surface area contributed by atoms with E-state index in [-0.39, 0.29) is 30.1 Å². The molecule has 10 heteroatoms. The Balaban J connectivity index is 0.00000512. The summed E-state index contributed by atoms with van der Waals surface area (Å²) < 4.78 is 10.8. The van der Waals surface area contributed by atoms with Gasteiger partial charge in [0.15, 0.2) is 11.7 Å². The molecule has 1 amide bonds. The van der Waals surface area contributed by atoms with E-state index in [9.17, 15) is 4.79 Å². The van der Waals surface area contributed by atoms with Crippen LogP contribution in [0.3, 0.4) is 0 Å². The molecule has 1 aromatic rings. The first-order valence-electron chi connectivity index (χ1n) is 11.4. The van der Waals surface area contributed by atoms with E-state index >= 15 is 0 Å². The average Bonchev–Trinajstić information content (AvgIpc) is 3.18. The number of carbonyl (C=O) groups is 1. The summed E-state index contributed by atoms with van der Waals surface area (Å²) in [6, 6.07) is 1.97. The number of hydrogen-bond acceptors (Lipinski definition) is 6.